The average Bonchev–Trinajstić information content (AvgIpc) is 4.04. The molecule has 14 rings (SSSR count). The minimum absolute atomic E-state index is 0.813. The first-order valence-electron chi connectivity index (χ1n) is 23.2. The third-order valence-corrected chi connectivity index (χ3v) is 13.9. The Kier molecular flexibility index (Phi) is 8.55. The molecule has 0 aliphatic rings. The Hall–Kier alpha value is -9.12. The van der Waals surface area contributed by atoms with Crippen LogP contribution in [-0.4, -0.2) is 13.7 Å². The van der Waals surface area contributed by atoms with Crippen molar-refractivity contribution in [3.8, 4) is 50.8 Å². The molecule has 3 heterocycles. The van der Waals surface area contributed by atoms with Gasteiger partial charge in [-0.1, -0.05) is 140 Å². The van der Waals surface area contributed by atoms with Crippen molar-refractivity contribution < 1.29 is 4.74 Å². The van der Waals surface area contributed by atoms with Crippen molar-refractivity contribution >= 4 is 76.2 Å². The Bertz CT molecular complexity index is 4060. The summed E-state index contributed by atoms with van der Waals surface area (Å²) in [7, 11) is 0. The molecule has 0 spiro atoms. The number of para-hydroxylation sites is 5. The zero-order valence-electron chi connectivity index (χ0n) is 36.9. The zero-order chi connectivity index (χ0) is 44.7. The van der Waals surface area contributed by atoms with Gasteiger partial charge in [0.15, 0.2) is 0 Å². The number of rotatable bonds is 7. The number of hydrogen-bond donors (Lipinski definition) is 0. The number of aromatic nitrogens is 3. The third kappa shape index (κ3) is 5.94. The van der Waals surface area contributed by atoms with Crippen LogP contribution in [0.3, 0.4) is 0 Å². The smallest absolute Gasteiger partial charge is 0.135 e. The van der Waals surface area contributed by atoms with E-state index in [0.717, 1.165) is 50.4 Å². The normalized spacial score (nSPS) is 11.8. The van der Waals surface area contributed by atoms with Crippen molar-refractivity contribution in [2.45, 2.75) is 0 Å². The van der Waals surface area contributed by atoms with E-state index in [4.69, 9.17) is 4.74 Å². The molecule has 0 amide bonds. The van der Waals surface area contributed by atoms with Crippen molar-refractivity contribution in [1.82, 2.24) is 13.7 Å². The second-order valence-electron chi connectivity index (χ2n) is 17.7. The average molecular weight is 868 g/mol. The predicted octanol–water partition coefficient (Wildman–Crippen LogP) is 17.3. The van der Waals surface area contributed by atoms with E-state index in [9.17, 15) is 0 Å². The van der Waals surface area contributed by atoms with Gasteiger partial charge in [-0.3, -0.25) is 0 Å². The van der Waals surface area contributed by atoms with Crippen LogP contribution in [0, 0.1) is 0 Å². The SMILES string of the molecule is c1ccc(Oc2ccc(-n3c4ccc(-c5ccc6c(c5)c5ccccc5n6-c5ccccc5)cc4c4cc(-c5ccc6c(c5)c5ccccc5n6-c5ccccc5)ccc43)c3ccccc23)cc1. The number of fused-ring (bicyclic) bond motifs is 10. The van der Waals surface area contributed by atoms with E-state index in [1.54, 1.807) is 0 Å². The molecule has 11 aromatic carbocycles. The molecule has 0 radical (unpaired) electrons. The Balaban J connectivity index is 0.981. The van der Waals surface area contributed by atoms with E-state index in [0.29, 0.717) is 0 Å². The molecule has 0 saturated carbocycles. The van der Waals surface area contributed by atoms with Crippen molar-refractivity contribution in [3.63, 3.8) is 0 Å². The van der Waals surface area contributed by atoms with E-state index in [1.807, 2.05) is 30.3 Å². The van der Waals surface area contributed by atoms with Crippen molar-refractivity contribution in [2.24, 2.45) is 0 Å². The second kappa shape index (κ2) is 15.2. The first-order chi connectivity index (χ1) is 33.7. The van der Waals surface area contributed by atoms with Gasteiger partial charge in [0.1, 0.15) is 11.5 Å². The molecule has 0 atom stereocenters. The molecule has 0 fully saturated rings. The van der Waals surface area contributed by atoms with Gasteiger partial charge in [0.2, 0.25) is 0 Å². The molecule has 68 heavy (non-hydrogen) atoms. The summed E-state index contributed by atoms with van der Waals surface area (Å²) in [5.74, 6) is 1.64. The maximum absolute atomic E-state index is 6.52. The topological polar surface area (TPSA) is 24.0 Å². The summed E-state index contributed by atoms with van der Waals surface area (Å²) in [6.45, 7) is 0. The molecular weight excluding hydrogens is 827 g/mol. The van der Waals surface area contributed by atoms with E-state index >= 15 is 0 Å². The largest absolute Gasteiger partial charge is 0.457 e. The third-order valence-electron chi connectivity index (χ3n) is 13.9. The van der Waals surface area contributed by atoms with Crippen molar-refractivity contribution in [3.05, 3.63) is 249 Å². The second-order valence-corrected chi connectivity index (χ2v) is 17.7. The highest BCUT2D eigenvalue weighted by atomic mass is 16.5. The minimum atomic E-state index is 0.813. The quantitative estimate of drug-likeness (QED) is 0.157. The minimum Gasteiger partial charge on any atom is -0.457 e. The van der Waals surface area contributed by atoms with Crippen LogP contribution in [0.1, 0.15) is 0 Å². The first-order valence-corrected chi connectivity index (χ1v) is 23.2. The van der Waals surface area contributed by atoms with Crippen LogP contribution >= 0.6 is 0 Å². The van der Waals surface area contributed by atoms with Crippen molar-refractivity contribution in [2.75, 3.05) is 0 Å². The standard InChI is InChI=1S/C64H41N3O/c1-4-16-46(17-5-1)65-57-26-14-12-23-50(57)53-38-42(28-32-60(53)65)44-30-34-62-55(40-44)56-41-45(43-29-33-61-54(39-43)51-24-13-15-27-58(51)66(61)47-18-6-2-7-19-47)31-35-63(56)67(62)59-36-37-64(52-25-11-10-22-49(52)59)68-48-20-8-3-9-21-48/h1-41H. The summed E-state index contributed by atoms with van der Waals surface area (Å²) in [5, 5.41) is 9.52. The lowest BCUT2D eigenvalue weighted by Gasteiger charge is -2.15. The van der Waals surface area contributed by atoms with Gasteiger partial charge < -0.3 is 18.4 Å². The first kappa shape index (κ1) is 38.2. The molecule has 0 unspecified atom stereocenters. The van der Waals surface area contributed by atoms with Crippen LogP contribution in [0.2, 0.25) is 0 Å². The van der Waals surface area contributed by atoms with E-state index in [-0.39, 0.29) is 0 Å². The fourth-order valence-electron chi connectivity index (χ4n) is 10.8. The van der Waals surface area contributed by atoms with E-state index in [1.165, 1.54) is 76.6 Å². The highest BCUT2D eigenvalue weighted by Gasteiger charge is 2.20. The molecule has 318 valence electrons. The van der Waals surface area contributed by atoms with Gasteiger partial charge in [-0.25, -0.2) is 0 Å². The lowest BCUT2D eigenvalue weighted by Crippen LogP contribution is -1.97. The molecule has 3 aromatic heterocycles. The Morgan fingerprint density at radius 1 is 0.235 bits per heavy atom. The van der Waals surface area contributed by atoms with Gasteiger partial charge in [-0.2, -0.15) is 0 Å². The van der Waals surface area contributed by atoms with Gasteiger partial charge in [0.05, 0.1) is 38.8 Å². The molecule has 4 nitrogen and oxygen atoms in total. The number of hydrogen-bond acceptors (Lipinski definition) is 1. The van der Waals surface area contributed by atoms with Gasteiger partial charge in [-0.15, -0.1) is 0 Å². The maximum Gasteiger partial charge on any atom is 0.135 e. The molecule has 0 N–H and O–H groups in total. The summed E-state index contributed by atoms with van der Waals surface area (Å²) in [5.41, 5.74) is 15.2. The fraction of sp³-hybridized carbons (Fsp3) is 0. The van der Waals surface area contributed by atoms with Gasteiger partial charge in [0, 0.05) is 54.5 Å². The zero-order valence-corrected chi connectivity index (χ0v) is 36.9. The summed E-state index contributed by atoms with van der Waals surface area (Å²) >= 11 is 0. The molecular formula is C64H41N3O. The molecule has 14 aromatic rings. The Morgan fingerprint density at radius 3 is 1.06 bits per heavy atom. The van der Waals surface area contributed by atoms with Crippen LogP contribution < -0.4 is 4.74 Å². The summed E-state index contributed by atoms with van der Waals surface area (Å²) in [6, 6.07) is 89.7. The monoisotopic (exact) mass is 867 g/mol. The number of ether oxygens (including phenoxy) is 1. The highest BCUT2D eigenvalue weighted by molar-refractivity contribution is 6.15. The van der Waals surface area contributed by atoms with E-state index < -0.39 is 0 Å². The molecule has 0 bridgehead atoms. The van der Waals surface area contributed by atoms with Crippen LogP contribution in [-0.2, 0) is 0 Å². The van der Waals surface area contributed by atoms with Crippen molar-refractivity contribution in [1.29, 1.82) is 0 Å². The number of nitrogens with zero attached hydrogens (tertiary/aromatic N) is 3. The van der Waals surface area contributed by atoms with Crippen LogP contribution in [0.25, 0.3) is 116 Å². The molecule has 0 aliphatic carbocycles. The lowest BCUT2D eigenvalue weighted by molar-refractivity contribution is 0.488. The lowest BCUT2D eigenvalue weighted by atomic mass is 9.98. The molecule has 4 heteroatoms. The van der Waals surface area contributed by atoms with E-state index in [2.05, 4.69) is 232 Å². The Labute approximate surface area is 392 Å². The van der Waals surface area contributed by atoms with Crippen LogP contribution in [0.5, 0.6) is 11.5 Å². The Morgan fingerprint density at radius 2 is 0.588 bits per heavy atom. The highest BCUT2D eigenvalue weighted by Crippen LogP contribution is 2.43. The van der Waals surface area contributed by atoms with Gasteiger partial charge >= 0.3 is 0 Å². The van der Waals surface area contributed by atoms with Gasteiger partial charge in [-0.05, 0) is 131 Å². The maximum atomic E-state index is 6.52. The molecule has 0 saturated heterocycles. The number of benzene rings is 11. The summed E-state index contributed by atoms with van der Waals surface area (Å²) in [6.07, 6.45) is 0. The predicted molar refractivity (Wildman–Crippen MR) is 284 cm³/mol. The molecule has 0 aliphatic heterocycles. The summed E-state index contributed by atoms with van der Waals surface area (Å²) in [4.78, 5) is 0. The van der Waals surface area contributed by atoms with Crippen LogP contribution in [0.15, 0.2) is 249 Å². The van der Waals surface area contributed by atoms with Gasteiger partial charge in [0.25, 0.3) is 0 Å². The fourth-order valence-corrected chi connectivity index (χ4v) is 10.8. The summed E-state index contributed by atoms with van der Waals surface area (Å²) < 4.78 is 13.7. The van der Waals surface area contributed by atoms with Crippen LogP contribution in [0.4, 0.5) is 0 Å².